The van der Waals surface area contributed by atoms with E-state index >= 15 is 0 Å². The molecule has 0 amide bonds. The van der Waals surface area contributed by atoms with Crippen molar-refractivity contribution in [3.05, 3.63) is 59.7 Å². The van der Waals surface area contributed by atoms with Crippen LogP contribution in [-0.2, 0) is 0 Å². The molecule has 1 aliphatic rings. The number of hydrogen-bond acceptors (Lipinski definition) is 3. The van der Waals surface area contributed by atoms with Gasteiger partial charge in [-0.3, -0.25) is 0 Å². The quantitative estimate of drug-likeness (QED) is 0.808. The summed E-state index contributed by atoms with van der Waals surface area (Å²) in [4.78, 5) is 0. The lowest BCUT2D eigenvalue weighted by atomic mass is 9.95. The molecular weight excluding hydrogens is 228 g/mol. The number of benzene rings is 2. The van der Waals surface area contributed by atoms with Crippen LogP contribution in [0, 0.1) is 0 Å². The second-order valence-electron chi connectivity index (χ2n) is 4.49. The van der Waals surface area contributed by atoms with E-state index in [0.717, 1.165) is 16.9 Å². The number of rotatable bonds is 1. The zero-order chi connectivity index (χ0) is 12.5. The van der Waals surface area contributed by atoms with Gasteiger partial charge in [0.2, 0.25) is 0 Å². The Bertz CT molecular complexity index is 548. The van der Waals surface area contributed by atoms with Crippen LogP contribution in [0.15, 0.2) is 48.5 Å². The standard InChI is InChI=1S/C15H14O3/c16-11-7-5-10(6-8-11)15-9-13(17)12-3-1-2-4-14(12)18-15/h1-8,13,15-17H,9H2. The Morgan fingerprint density at radius 2 is 1.72 bits per heavy atom. The van der Waals surface area contributed by atoms with Gasteiger partial charge in [0.15, 0.2) is 0 Å². The molecule has 0 aromatic heterocycles. The SMILES string of the molecule is Oc1ccc(C2CC(O)c3ccccc3O2)cc1. The zero-order valence-electron chi connectivity index (χ0n) is 9.78. The lowest BCUT2D eigenvalue weighted by molar-refractivity contribution is 0.0657. The maximum absolute atomic E-state index is 10.1. The van der Waals surface area contributed by atoms with Crippen LogP contribution in [-0.4, -0.2) is 10.2 Å². The van der Waals surface area contributed by atoms with Crippen molar-refractivity contribution in [3.63, 3.8) is 0 Å². The fraction of sp³-hybridized carbons (Fsp3) is 0.200. The number of aliphatic hydroxyl groups excluding tert-OH is 1. The number of fused-ring (bicyclic) bond motifs is 1. The van der Waals surface area contributed by atoms with E-state index in [1.165, 1.54) is 0 Å². The van der Waals surface area contributed by atoms with Crippen molar-refractivity contribution in [2.24, 2.45) is 0 Å². The molecule has 0 bridgehead atoms. The Balaban J connectivity index is 1.92. The van der Waals surface area contributed by atoms with Crippen LogP contribution in [0.25, 0.3) is 0 Å². The number of phenols is 1. The minimum absolute atomic E-state index is 0.171. The summed E-state index contributed by atoms with van der Waals surface area (Å²) in [5.74, 6) is 0.963. The van der Waals surface area contributed by atoms with Gasteiger partial charge in [-0.15, -0.1) is 0 Å². The number of ether oxygens (including phenoxy) is 1. The highest BCUT2D eigenvalue weighted by Crippen LogP contribution is 2.40. The topological polar surface area (TPSA) is 49.7 Å². The summed E-state index contributed by atoms with van der Waals surface area (Å²) in [6, 6.07) is 14.4. The molecule has 92 valence electrons. The van der Waals surface area contributed by atoms with Crippen LogP contribution in [0.3, 0.4) is 0 Å². The van der Waals surface area contributed by atoms with Gasteiger partial charge in [0, 0.05) is 12.0 Å². The smallest absolute Gasteiger partial charge is 0.127 e. The molecule has 0 radical (unpaired) electrons. The molecule has 0 saturated carbocycles. The first kappa shape index (κ1) is 11.1. The Kier molecular flexibility index (Phi) is 2.68. The largest absolute Gasteiger partial charge is 0.508 e. The number of para-hydroxylation sites is 1. The Labute approximate surface area is 105 Å². The predicted octanol–water partition coefficient (Wildman–Crippen LogP) is 2.95. The van der Waals surface area contributed by atoms with E-state index in [1.54, 1.807) is 12.1 Å². The second-order valence-corrected chi connectivity index (χ2v) is 4.49. The molecule has 0 fully saturated rings. The first-order valence-electron chi connectivity index (χ1n) is 5.96. The van der Waals surface area contributed by atoms with Gasteiger partial charge >= 0.3 is 0 Å². The molecule has 0 spiro atoms. The maximum atomic E-state index is 10.1. The summed E-state index contributed by atoms with van der Waals surface area (Å²) in [6.45, 7) is 0. The molecule has 1 aliphatic heterocycles. The molecule has 2 N–H and O–H groups in total. The van der Waals surface area contributed by atoms with E-state index < -0.39 is 6.10 Å². The highest BCUT2D eigenvalue weighted by atomic mass is 16.5. The van der Waals surface area contributed by atoms with E-state index in [-0.39, 0.29) is 11.9 Å². The summed E-state index contributed by atoms with van der Waals surface area (Å²) in [6.07, 6.45) is -0.147. The fourth-order valence-electron chi connectivity index (χ4n) is 2.29. The molecule has 3 heteroatoms. The fourth-order valence-corrected chi connectivity index (χ4v) is 2.29. The van der Waals surface area contributed by atoms with Gasteiger partial charge in [0.25, 0.3) is 0 Å². The molecule has 2 atom stereocenters. The van der Waals surface area contributed by atoms with Crippen LogP contribution in [0.2, 0.25) is 0 Å². The molecule has 1 heterocycles. The van der Waals surface area contributed by atoms with E-state index in [0.29, 0.717) is 6.42 Å². The second kappa shape index (κ2) is 4.35. The minimum Gasteiger partial charge on any atom is -0.508 e. The van der Waals surface area contributed by atoms with Crippen LogP contribution in [0.5, 0.6) is 11.5 Å². The average Bonchev–Trinajstić information content (AvgIpc) is 2.39. The lowest BCUT2D eigenvalue weighted by Crippen LogP contribution is -2.18. The third-order valence-electron chi connectivity index (χ3n) is 3.25. The summed E-state index contributed by atoms with van der Waals surface area (Å²) in [5, 5.41) is 19.4. The van der Waals surface area contributed by atoms with Gasteiger partial charge in [0.05, 0.1) is 6.10 Å². The number of hydrogen-bond donors (Lipinski definition) is 2. The molecule has 3 nitrogen and oxygen atoms in total. The first-order valence-corrected chi connectivity index (χ1v) is 5.96. The van der Waals surface area contributed by atoms with Gasteiger partial charge in [0.1, 0.15) is 17.6 Å². The van der Waals surface area contributed by atoms with Crippen molar-refractivity contribution in [1.82, 2.24) is 0 Å². The van der Waals surface area contributed by atoms with Crippen LogP contribution in [0.1, 0.15) is 29.8 Å². The van der Waals surface area contributed by atoms with Crippen molar-refractivity contribution < 1.29 is 14.9 Å². The normalized spacial score (nSPS) is 22.1. The summed E-state index contributed by atoms with van der Waals surface area (Å²) in [5.41, 5.74) is 1.80. The molecule has 18 heavy (non-hydrogen) atoms. The average molecular weight is 242 g/mol. The Morgan fingerprint density at radius 1 is 1.00 bits per heavy atom. The first-order chi connectivity index (χ1) is 8.74. The van der Waals surface area contributed by atoms with Crippen molar-refractivity contribution in [2.75, 3.05) is 0 Å². The maximum Gasteiger partial charge on any atom is 0.127 e. The van der Waals surface area contributed by atoms with Crippen molar-refractivity contribution in [2.45, 2.75) is 18.6 Å². The van der Waals surface area contributed by atoms with Crippen LogP contribution in [0.4, 0.5) is 0 Å². The van der Waals surface area contributed by atoms with Gasteiger partial charge in [-0.1, -0.05) is 30.3 Å². The monoisotopic (exact) mass is 242 g/mol. The van der Waals surface area contributed by atoms with Gasteiger partial charge < -0.3 is 14.9 Å². The third-order valence-corrected chi connectivity index (χ3v) is 3.25. The van der Waals surface area contributed by atoms with Crippen molar-refractivity contribution >= 4 is 0 Å². The van der Waals surface area contributed by atoms with E-state index in [2.05, 4.69) is 0 Å². The number of phenolic OH excluding ortho intramolecular Hbond substituents is 1. The Morgan fingerprint density at radius 3 is 2.50 bits per heavy atom. The van der Waals surface area contributed by atoms with Crippen LogP contribution >= 0.6 is 0 Å². The third kappa shape index (κ3) is 1.93. The lowest BCUT2D eigenvalue weighted by Gasteiger charge is -2.29. The molecule has 0 aliphatic carbocycles. The summed E-state index contributed by atoms with van der Waals surface area (Å²) < 4.78 is 5.89. The highest BCUT2D eigenvalue weighted by molar-refractivity contribution is 5.38. The van der Waals surface area contributed by atoms with E-state index in [9.17, 15) is 10.2 Å². The molecule has 2 aromatic rings. The van der Waals surface area contributed by atoms with Gasteiger partial charge in [-0.25, -0.2) is 0 Å². The van der Waals surface area contributed by atoms with Crippen LogP contribution < -0.4 is 4.74 Å². The molecule has 2 unspecified atom stereocenters. The molecule has 3 rings (SSSR count). The van der Waals surface area contributed by atoms with E-state index in [1.807, 2.05) is 36.4 Å². The highest BCUT2D eigenvalue weighted by Gasteiger charge is 2.27. The summed E-state index contributed by atoms with van der Waals surface area (Å²) in [7, 11) is 0. The number of aliphatic hydroxyl groups is 1. The minimum atomic E-state index is -0.506. The van der Waals surface area contributed by atoms with Crippen molar-refractivity contribution in [1.29, 1.82) is 0 Å². The molecule has 0 saturated heterocycles. The zero-order valence-corrected chi connectivity index (χ0v) is 9.78. The molecular formula is C15H14O3. The van der Waals surface area contributed by atoms with E-state index in [4.69, 9.17) is 4.74 Å². The number of aromatic hydroxyl groups is 1. The predicted molar refractivity (Wildman–Crippen MR) is 67.5 cm³/mol. The Hall–Kier alpha value is -2.00. The van der Waals surface area contributed by atoms with Crippen molar-refractivity contribution in [3.8, 4) is 11.5 Å². The van der Waals surface area contributed by atoms with Gasteiger partial charge in [-0.2, -0.15) is 0 Å². The van der Waals surface area contributed by atoms with Gasteiger partial charge in [-0.05, 0) is 23.8 Å². The molecule has 2 aromatic carbocycles. The summed E-state index contributed by atoms with van der Waals surface area (Å²) >= 11 is 0.